The Morgan fingerprint density at radius 3 is 2.44 bits per heavy atom. The van der Waals surface area contributed by atoms with Gasteiger partial charge in [0.25, 0.3) is 5.91 Å². The lowest BCUT2D eigenvalue weighted by Gasteiger charge is -2.10. The van der Waals surface area contributed by atoms with Crippen molar-refractivity contribution in [2.75, 3.05) is 11.9 Å². The van der Waals surface area contributed by atoms with Crippen LogP contribution in [0.2, 0.25) is 0 Å². The summed E-state index contributed by atoms with van der Waals surface area (Å²) < 4.78 is 10.3. The van der Waals surface area contributed by atoms with Crippen molar-refractivity contribution in [3.63, 3.8) is 0 Å². The van der Waals surface area contributed by atoms with Crippen LogP contribution in [-0.2, 0) is 16.1 Å². The summed E-state index contributed by atoms with van der Waals surface area (Å²) in [7, 11) is 1.64. The van der Waals surface area contributed by atoms with Crippen LogP contribution < -0.4 is 10.2 Å². The minimum atomic E-state index is -0.258. The Bertz CT molecular complexity index is 940. The quantitative estimate of drug-likeness (QED) is 0.632. The number of thiazole rings is 1. The van der Waals surface area contributed by atoms with Gasteiger partial charge in [0.15, 0.2) is 5.13 Å². The number of amides is 2. The fourth-order valence-corrected chi connectivity index (χ4v) is 2.85. The number of aromatic nitrogens is 1. The highest BCUT2D eigenvalue weighted by atomic mass is 32.1. The van der Waals surface area contributed by atoms with Crippen molar-refractivity contribution < 1.29 is 18.4 Å². The molecule has 3 rings (SSSR count). The van der Waals surface area contributed by atoms with Gasteiger partial charge in [0.2, 0.25) is 5.91 Å². The Labute approximate surface area is 159 Å². The van der Waals surface area contributed by atoms with Crippen molar-refractivity contribution in [2.24, 2.45) is 0 Å². The van der Waals surface area contributed by atoms with Gasteiger partial charge in [-0.2, -0.15) is 0 Å². The first-order valence-corrected chi connectivity index (χ1v) is 8.93. The summed E-state index contributed by atoms with van der Waals surface area (Å²) in [4.78, 5) is 29.8. The number of rotatable bonds is 7. The molecule has 0 aliphatic carbocycles. The lowest BCUT2D eigenvalue weighted by molar-refractivity contribution is -0.116. The Balaban J connectivity index is 1.51. The lowest BCUT2D eigenvalue weighted by Crippen LogP contribution is -2.24. The van der Waals surface area contributed by atoms with E-state index >= 15 is 0 Å². The molecule has 0 bridgehead atoms. The second kappa shape index (κ2) is 8.81. The normalized spacial score (nSPS) is 11.3. The molecule has 3 aromatic heterocycles. The average molecular weight is 383 g/mol. The number of hydrogen-bond donors (Lipinski definition) is 1. The van der Waals surface area contributed by atoms with Gasteiger partial charge < -0.3 is 14.2 Å². The molecule has 3 heterocycles. The molecule has 0 fully saturated rings. The van der Waals surface area contributed by atoms with Gasteiger partial charge in [-0.15, -0.1) is 11.3 Å². The van der Waals surface area contributed by atoms with Crippen LogP contribution in [0.5, 0.6) is 0 Å². The fourth-order valence-electron chi connectivity index (χ4n) is 2.06. The first-order valence-electron chi connectivity index (χ1n) is 8.05. The number of carbonyl (C=O) groups excluding carboxylic acids is 2. The summed E-state index contributed by atoms with van der Waals surface area (Å²) >= 11 is 1.32. The number of hydrogen-bond acceptors (Lipinski definition) is 6. The molecule has 0 saturated heterocycles. The van der Waals surface area contributed by atoms with Gasteiger partial charge in [0.1, 0.15) is 11.5 Å². The third kappa shape index (κ3) is 5.29. The summed E-state index contributed by atoms with van der Waals surface area (Å²) in [6.45, 7) is 0.266. The van der Waals surface area contributed by atoms with Crippen molar-refractivity contribution >= 4 is 40.4 Å². The lowest BCUT2D eigenvalue weighted by atomic mass is 10.3. The van der Waals surface area contributed by atoms with Crippen molar-refractivity contribution in [1.29, 1.82) is 0 Å². The highest BCUT2D eigenvalue weighted by molar-refractivity contribution is 7.14. The van der Waals surface area contributed by atoms with E-state index in [4.69, 9.17) is 8.83 Å². The van der Waals surface area contributed by atoms with E-state index in [1.807, 2.05) is 0 Å². The van der Waals surface area contributed by atoms with Crippen LogP contribution in [0.25, 0.3) is 12.2 Å². The number of furan rings is 2. The van der Waals surface area contributed by atoms with Crippen LogP contribution in [0.1, 0.15) is 17.2 Å². The minimum Gasteiger partial charge on any atom is -0.465 e. The molecular formula is C19H17N3O4S. The molecule has 0 aliphatic heterocycles. The first kappa shape index (κ1) is 18.4. The molecule has 0 aliphatic rings. The van der Waals surface area contributed by atoms with Gasteiger partial charge >= 0.3 is 0 Å². The summed E-state index contributed by atoms with van der Waals surface area (Å²) in [5.41, 5.74) is 0.671. The maximum atomic E-state index is 12.2. The molecule has 0 radical (unpaired) electrons. The molecular weight excluding hydrogens is 366 g/mol. The Morgan fingerprint density at radius 2 is 1.81 bits per heavy atom. The molecule has 8 heteroatoms. The topological polar surface area (TPSA) is 88.6 Å². The van der Waals surface area contributed by atoms with Gasteiger partial charge in [-0.25, -0.2) is 4.98 Å². The fraction of sp³-hybridized carbons (Fsp3) is 0.105. The molecule has 3 aromatic rings. The molecule has 0 atom stereocenters. The number of anilines is 1. The number of nitrogens with zero attached hydrogens (tertiary/aromatic N) is 2. The van der Waals surface area contributed by atoms with E-state index in [0.717, 1.165) is 0 Å². The van der Waals surface area contributed by atoms with Crippen molar-refractivity contribution in [2.45, 2.75) is 6.54 Å². The molecule has 138 valence electrons. The van der Waals surface area contributed by atoms with Crippen LogP contribution >= 0.6 is 11.3 Å². The maximum absolute atomic E-state index is 12.2. The van der Waals surface area contributed by atoms with Gasteiger partial charge in [-0.1, -0.05) is 0 Å². The highest BCUT2D eigenvalue weighted by Crippen LogP contribution is 2.20. The predicted molar refractivity (Wildman–Crippen MR) is 103 cm³/mol. The largest absolute Gasteiger partial charge is 0.465 e. The van der Waals surface area contributed by atoms with Crippen LogP contribution in [0.3, 0.4) is 0 Å². The number of nitrogens with one attached hydrogen (secondary N) is 1. The van der Waals surface area contributed by atoms with E-state index in [9.17, 15) is 9.59 Å². The standard InChI is InChI=1S/C19H17N3O4S/c1-22(18(24)9-7-16-5-3-11-26-16)19-21-14(13-27-19)12-20-17(23)8-6-15-4-2-10-25-15/h2-11,13H,12H2,1H3,(H,20,23)/b8-6+,9-7+. The molecule has 0 unspecified atom stereocenters. The molecule has 7 nitrogen and oxygen atoms in total. The minimum absolute atomic E-state index is 0.224. The Morgan fingerprint density at radius 1 is 1.15 bits per heavy atom. The summed E-state index contributed by atoms with van der Waals surface area (Å²) in [5, 5.41) is 5.07. The summed E-state index contributed by atoms with van der Waals surface area (Å²) in [5.74, 6) is 0.718. The molecule has 0 spiro atoms. The van der Waals surface area contributed by atoms with E-state index in [2.05, 4.69) is 10.3 Å². The summed E-state index contributed by atoms with van der Waals surface area (Å²) in [6, 6.07) is 7.01. The molecule has 0 aromatic carbocycles. The van der Waals surface area contributed by atoms with E-state index in [1.54, 1.807) is 55.1 Å². The van der Waals surface area contributed by atoms with Gasteiger partial charge in [0, 0.05) is 24.6 Å². The zero-order valence-electron chi connectivity index (χ0n) is 14.5. The van der Waals surface area contributed by atoms with Gasteiger partial charge in [-0.05, 0) is 36.4 Å². The van der Waals surface area contributed by atoms with Crippen molar-refractivity contribution in [3.8, 4) is 0 Å². The van der Waals surface area contributed by atoms with E-state index in [1.165, 1.54) is 34.7 Å². The molecule has 2 amide bonds. The van der Waals surface area contributed by atoms with Crippen LogP contribution in [0.4, 0.5) is 5.13 Å². The molecule has 1 N–H and O–H groups in total. The first-order chi connectivity index (χ1) is 13.1. The van der Waals surface area contributed by atoms with Gasteiger partial charge in [-0.3, -0.25) is 14.5 Å². The van der Waals surface area contributed by atoms with E-state index < -0.39 is 0 Å². The third-order valence-electron chi connectivity index (χ3n) is 3.48. The maximum Gasteiger partial charge on any atom is 0.252 e. The van der Waals surface area contributed by atoms with Crippen LogP contribution in [-0.4, -0.2) is 23.8 Å². The average Bonchev–Trinajstić information content (AvgIpc) is 3.44. The second-order valence-electron chi connectivity index (χ2n) is 5.43. The number of carbonyl (C=O) groups is 2. The van der Waals surface area contributed by atoms with Crippen molar-refractivity contribution in [3.05, 3.63) is 71.5 Å². The number of likely N-dealkylation sites (N-methyl/N-ethyl adjacent to an activating group) is 1. The third-order valence-corrected chi connectivity index (χ3v) is 4.44. The van der Waals surface area contributed by atoms with Crippen LogP contribution in [0.15, 0.2) is 63.2 Å². The smallest absolute Gasteiger partial charge is 0.252 e. The molecule has 0 saturated carbocycles. The monoisotopic (exact) mass is 383 g/mol. The highest BCUT2D eigenvalue weighted by Gasteiger charge is 2.12. The summed E-state index contributed by atoms with van der Waals surface area (Å²) in [6.07, 6.45) is 9.07. The van der Waals surface area contributed by atoms with E-state index in [-0.39, 0.29) is 18.4 Å². The zero-order valence-corrected chi connectivity index (χ0v) is 15.3. The Kier molecular flexibility index (Phi) is 6.01. The molecule has 27 heavy (non-hydrogen) atoms. The SMILES string of the molecule is CN(C(=O)/C=C/c1ccco1)c1nc(CNC(=O)/C=C/c2ccco2)cs1. The second-order valence-corrected chi connectivity index (χ2v) is 6.27. The zero-order chi connectivity index (χ0) is 19.1. The van der Waals surface area contributed by atoms with Crippen molar-refractivity contribution in [1.82, 2.24) is 10.3 Å². The van der Waals surface area contributed by atoms with E-state index in [0.29, 0.717) is 22.3 Å². The Hall–Kier alpha value is -3.39. The predicted octanol–water partition coefficient (Wildman–Crippen LogP) is 3.33. The van der Waals surface area contributed by atoms with Crippen LogP contribution in [0, 0.1) is 0 Å². The van der Waals surface area contributed by atoms with Gasteiger partial charge in [0.05, 0.1) is 24.8 Å².